The SMILES string of the molecule is Cc1ccc2n[nH]c(Cl)c2c1N. The Balaban J connectivity index is 2.96. The van der Waals surface area contributed by atoms with Crippen LogP contribution < -0.4 is 5.73 Å². The Hall–Kier alpha value is -1.22. The molecule has 2 aromatic rings. The molecule has 0 atom stereocenters. The summed E-state index contributed by atoms with van der Waals surface area (Å²) < 4.78 is 0. The fourth-order valence-electron chi connectivity index (χ4n) is 1.20. The molecule has 62 valence electrons. The number of anilines is 1. The summed E-state index contributed by atoms with van der Waals surface area (Å²) in [5.41, 5.74) is 8.35. The summed E-state index contributed by atoms with van der Waals surface area (Å²) >= 11 is 5.85. The number of aryl methyl sites for hydroxylation is 1. The molecule has 0 unspecified atom stereocenters. The number of nitrogens with zero attached hydrogens (tertiary/aromatic N) is 1. The highest BCUT2D eigenvalue weighted by atomic mass is 35.5. The molecule has 0 spiro atoms. The van der Waals surface area contributed by atoms with E-state index in [9.17, 15) is 0 Å². The zero-order chi connectivity index (χ0) is 8.72. The van der Waals surface area contributed by atoms with Crippen LogP contribution in [-0.2, 0) is 0 Å². The molecule has 3 N–H and O–H groups in total. The molecule has 0 fully saturated rings. The Kier molecular flexibility index (Phi) is 1.48. The highest BCUT2D eigenvalue weighted by Gasteiger charge is 2.07. The van der Waals surface area contributed by atoms with Gasteiger partial charge < -0.3 is 5.73 Å². The summed E-state index contributed by atoms with van der Waals surface area (Å²) in [6, 6.07) is 3.82. The second-order valence-corrected chi connectivity index (χ2v) is 3.11. The molecule has 0 bridgehead atoms. The van der Waals surface area contributed by atoms with Crippen molar-refractivity contribution >= 4 is 28.2 Å². The molecule has 0 aliphatic rings. The van der Waals surface area contributed by atoms with Crippen molar-refractivity contribution < 1.29 is 0 Å². The number of aromatic nitrogens is 2. The Morgan fingerprint density at radius 2 is 2.25 bits per heavy atom. The van der Waals surface area contributed by atoms with E-state index < -0.39 is 0 Å². The zero-order valence-corrected chi connectivity index (χ0v) is 7.31. The Labute approximate surface area is 74.5 Å². The topological polar surface area (TPSA) is 54.7 Å². The van der Waals surface area contributed by atoms with Crippen molar-refractivity contribution in [2.75, 3.05) is 5.73 Å². The predicted octanol–water partition coefficient (Wildman–Crippen LogP) is 2.11. The number of hydrogen-bond donors (Lipinski definition) is 2. The molecule has 1 aromatic heterocycles. The van der Waals surface area contributed by atoms with E-state index in [0.29, 0.717) is 10.8 Å². The van der Waals surface area contributed by atoms with Crippen LogP contribution in [0.5, 0.6) is 0 Å². The van der Waals surface area contributed by atoms with Crippen molar-refractivity contribution in [1.29, 1.82) is 0 Å². The van der Waals surface area contributed by atoms with Crippen molar-refractivity contribution in [1.82, 2.24) is 10.2 Å². The average Bonchev–Trinajstić information content (AvgIpc) is 2.41. The number of aromatic amines is 1. The largest absolute Gasteiger partial charge is 0.398 e. The molecule has 1 aromatic carbocycles. The Bertz CT molecular complexity index is 433. The Morgan fingerprint density at radius 1 is 1.50 bits per heavy atom. The van der Waals surface area contributed by atoms with Crippen LogP contribution in [0, 0.1) is 6.92 Å². The van der Waals surface area contributed by atoms with Gasteiger partial charge in [-0.3, -0.25) is 5.10 Å². The third-order valence-electron chi connectivity index (χ3n) is 1.94. The number of halogens is 1. The van der Waals surface area contributed by atoms with Gasteiger partial charge in [-0.15, -0.1) is 0 Å². The minimum Gasteiger partial charge on any atom is -0.398 e. The van der Waals surface area contributed by atoms with Gasteiger partial charge in [0.15, 0.2) is 0 Å². The van der Waals surface area contributed by atoms with E-state index in [1.165, 1.54) is 0 Å². The maximum atomic E-state index is 5.85. The number of fused-ring (bicyclic) bond motifs is 1. The van der Waals surface area contributed by atoms with Gasteiger partial charge in [-0.05, 0) is 18.6 Å². The van der Waals surface area contributed by atoms with Crippen LogP contribution in [0.4, 0.5) is 5.69 Å². The van der Waals surface area contributed by atoms with Crippen molar-refractivity contribution in [3.05, 3.63) is 22.8 Å². The fourth-order valence-corrected chi connectivity index (χ4v) is 1.44. The third-order valence-corrected chi connectivity index (χ3v) is 2.21. The van der Waals surface area contributed by atoms with Crippen LogP contribution >= 0.6 is 11.6 Å². The third kappa shape index (κ3) is 0.865. The minimum absolute atomic E-state index is 0.506. The van der Waals surface area contributed by atoms with Gasteiger partial charge in [-0.1, -0.05) is 17.7 Å². The lowest BCUT2D eigenvalue weighted by molar-refractivity contribution is 1.12. The van der Waals surface area contributed by atoms with Crippen LogP contribution in [0.15, 0.2) is 12.1 Å². The van der Waals surface area contributed by atoms with Crippen LogP contribution in [0.3, 0.4) is 0 Å². The number of nitrogens with two attached hydrogens (primary N) is 1. The monoisotopic (exact) mass is 181 g/mol. The highest BCUT2D eigenvalue weighted by Crippen LogP contribution is 2.28. The van der Waals surface area contributed by atoms with Gasteiger partial charge in [-0.25, -0.2) is 0 Å². The molecule has 0 aliphatic heterocycles. The smallest absolute Gasteiger partial charge is 0.134 e. The highest BCUT2D eigenvalue weighted by molar-refractivity contribution is 6.35. The molecule has 1 heterocycles. The lowest BCUT2D eigenvalue weighted by Gasteiger charge is -1.99. The maximum absolute atomic E-state index is 5.85. The van der Waals surface area contributed by atoms with Gasteiger partial charge in [0.1, 0.15) is 5.15 Å². The van der Waals surface area contributed by atoms with Gasteiger partial charge >= 0.3 is 0 Å². The Morgan fingerprint density at radius 3 is 3.00 bits per heavy atom. The first-order valence-corrected chi connectivity index (χ1v) is 3.96. The first-order valence-electron chi connectivity index (χ1n) is 3.59. The van der Waals surface area contributed by atoms with E-state index >= 15 is 0 Å². The zero-order valence-electron chi connectivity index (χ0n) is 6.56. The number of nitrogen functional groups attached to an aromatic ring is 1. The molecule has 0 amide bonds. The molecular weight excluding hydrogens is 174 g/mol. The van der Waals surface area contributed by atoms with Crippen LogP contribution in [0.2, 0.25) is 5.15 Å². The van der Waals surface area contributed by atoms with Crippen LogP contribution in [0.1, 0.15) is 5.56 Å². The lowest BCUT2D eigenvalue weighted by Crippen LogP contribution is -1.89. The summed E-state index contributed by atoms with van der Waals surface area (Å²) in [5.74, 6) is 0. The van der Waals surface area contributed by atoms with Gasteiger partial charge in [0.05, 0.1) is 10.9 Å². The van der Waals surface area contributed by atoms with Gasteiger partial charge in [0.2, 0.25) is 0 Å². The molecule has 0 radical (unpaired) electrons. The molecule has 0 saturated heterocycles. The fraction of sp³-hybridized carbons (Fsp3) is 0.125. The molecule has 0 saturated carbocycles. The molecule has 2 rings (SSSR count). The van der Waals surface area contributed by atoms with E-state index in [-0.39, 0.29) is 0 Å². The van der Waals surface area contributed by atoms with E-state index in [4.69, 9.17) is 17.3 Å². The summed E-state index contributed by atoms with van der Waals surface area (Å²) in [5, 5.41) is 7.99. The average molecular weight is 182 g/mol. The van der Waals surface area contributed by atoms with Gasteiger partial charge in [0, 0.05) is 5.69 Å². The van der Waals surface area contributed by atoms with Crippen molar-refractivity contribution in [3.63, 3.8) is 0 Å². The summed E-state index contributed by atoms with van der Waals surface area (Å²) in [6.45, 7) is 1.94. The van der Waals surface area contributed by atoms with Crippen molar-refractivity contribution in [2.24, 2.45) is 0 Å². The summed E-state index contributed by atoms with van der Waals surface area (Å²) in [6.07, 6.45) is 0. The quantitative estimate of drug-likeness (QED) is 0.612. The number of hydrogen-bond acceptors (Lipinski definition) is 2. The predicted molar refractivity (Wildman–Crippen MR) is 50.3 cm³/mol. The van der Waals surface area contributed by atoms with E-state index in [1.54, 1.807) is 0 Å². The number of nitrogens with one attached hydrogen (secondary N) is 1. The standard InChI is InChI=1S/C8H8ClN3/c1-4-2-3-5-6(7(4)10)8(9)12-11-5/h2-3H,10H2,1H3,(H,11,12). The number of H-pyrrole nitrogens is 1. The maximum Gasteiger partial charge on any atom is 0.134 e. The molecule has 4 heteroatoms. The molecule has 3 nitrogen and oxygen atoms in total. The van der Waals surface area contributed by atoms with E-state index in [1.807, 2.05) is 19.1 Å². The second-order valence-electron chi connectivity index (χ2n) is 2.73. The number of benzene rings is 1. The van der Waals surface area contributed by atoms with Crippen molar-refractivity contribution in [2.45, 2.75) is 6.92 Å². The van der Waals surface area contributed by atoms with Gasteiger partial charge in [-0.2, -0.15) is 5.10 Å². The summed E-state index contributed by atoms with van der Waals surface area (Å²) in [7, 11) is 0. The molecular formula is C8H8ClN3. The van der Waals surface area contributed by atoms with Crippen LogP contribution in [-0.4, -0.2) is 10.2 Å². The van der Waals surface area contributed by atoms with E-state index in [0.717, 1.165) is 16.5 Å². The number of rotatable bonds is 0. The second kappa shape index (κ2) is 2.38. The van der Waals surface area contributed by atoms with Gasteiger partial charge in [0.25, 0.3) is 0 Å². The minimum atomic E-state index is 0.506. The molecule has 12 heavy (non-hydrogen) atoms. The van der Waals surface area contributed by atoms with Crippen LogP contribution in [0.25, 0.3) is 10.9 Å². The summed E-state index contributed by atoms with van der Waals surface area (Å²) in [4.78, 5) is 0. The van der Waals surface area contributed by atoms with Crippen molar-refractivity contribution in [3.8, 4) is 0 Å². The lowest BCUT2D eigenvalue weighted by atomic mass is 10.1. The first kappa shape index (κ1) is 7.43. The van der Waals surface area contributed by atoms with E-state index in [2.05, 4.69) is 10.2 Å². The first-order chi connectivity index (χ1) is 5.70. The molecule has 0 aliphatic carbocycles. The normalized spacial score (nSPS) is 10.8.